The highest BCUT2D eigenvalue weighted by molar-refractivity contribution is 5.86. The van der Waals surface area contributed by atoms with Gasteiger partial charge in [0.05, 0.1) is 0 Å². The Balaban J connectivity index is 4.30. The van der Waals surface area contributed by atoms with Crippen molar-refractivity contribution in [1.82, 2.24) is 5.32 Å². The van der Waals surface area contributed by atoms with Gasteiger partial charge in [-0.2, -0.15) is 0 Å². The lowest BCUT2D eigenvalue weighted by molar-refractivity contribution is -0.143. The van der Waals surface area contributed by atoms with Crippen LogP contribution in [-0.2, 0) is 9.59 Å². The molecular weight excluding hydrogens is 210 g/mol. The fourth-order valence-electron chi connectivity index (χ4n) is 1.14. The van der Waals surface area contributed by atoms with Gasteiger partial charge in [-0.05, 0) is 12.3 Å². The van der Waals surface area contributed by atoms with Crippen LogP contribution in [0.15, 0.2) is 0 Å². The number of aliphatic hydroxyl groups is 1. The van der Waals surface area contributed by atoms with Gasteiger partial charge < -0.3 is 15.5 Å². The Morgan fingerprint density at radius 3 is 2.38 bits per heavy atom. The minimum atomic E-state index is -1.21. The quantitative estimate of drug-likeness (QED) is 0.557. The Morgan fingerprint density at radius 1 is 1.44 bits per heavy atom. The molecule has 0 aromatic rings. The third kappa shape index (κ3) is 5.37. The summed E-state index contributed by atoms with van der Waals surface area (Å²) < 4.78 is 0. The van der Waals surface area contributed by atoms with Crippen molar-refractivity contribution in [2.75, 3.05) is 0 Å². The standard InChI is InChI=1S/C11H17NO4/c1-4-5-8(11(15)16)12-10(14)9(13)6-7(2)3/h1,7-9,13H,5-6H2,2-3H3,(H,12,14)(H,15,16)/t8-,9-/m1/s1. The predicted octanol–water partition coefficient (Wildman–Crippen LogP) is -0.0139. The van der Waals surface area contributed by atoms with Crippen LogP contribution in [0.25, 0.3) is 0 Å². The zero-order valence-electron chi connectivity index (χ0n) is 9.43. The van der Waals surface area contributed by atoms with Crippen LogP contribution >= 0.6 is 0 Å². The van der Waals surface area contributed by atoms with Gasteiger partial charge >= 0.3 is 5.97 Å². The van der Waals surface area contributed by atoms with Gasteiger partial charge in [0, 0.05) is 6.42 Å². The first-order valence-electron chi connectivity index (χ1n) is 5.03. The molecule has 0 aromatic heterocycles. The highest BCUT2D eigenvalue weighted by Crippen LogP contribution is 2.05. The minimum absolute atomic E-state index is 0.102. The number of hydrogen-bond donors (Lipinski definition) is 3. The number of carbonyl (C=O) groups is 2. The van der Waals surface area contributed by atoms with Crippen LogP contribution in [0.5, 0.6) is 0 Å². The Labute approximate surface area is 94.8 Å². The molecule has 0 aliphatic heterocycles. The van der Waals surface area contributed by atoms with Gasteiger partial charge in [-0.1, -0.05) is 13.8 Å². The molecule has 5 heteroatoms. The van der Waals surface area contributed by atoms with E-state index < -0.39 is 24.0 Å². The number of amides is 1. The summed E-state index contributed by atoms with van der Waals surface area (Å²) in [5.41, 5.74) is 0. The first kappa shape index (κ1) is 14.5. The molecule has 0 aliphatic rings. The normalized spacial score (nSPS) is 13.9. The molecule has 0 aliphatic carbocycles. The zero-order chi connectivity index (χ0) is 12.7. The summed E-state index contributed by atoms with van der Waals surface area (Å²) in [6.45, 7) is 3.71. The van der Waals surface area contributed by atoms with Crippen LogP contribution in [-0.4, -0.2) is 34.2 Å². The van der Waals surface area contributed by atoms with Gasteiger partial charge in [0.2, 0.25) is 5.91 Å². The average Bonchev–Trinajstić information content (AvgIpc) is 2.15. The summed E-state index contributed by atoms with van der Waals surface area (Å²) in [6, 6.07) is -1.14. The molecule has 1 amide bonds. The van der Waals surface area contributed by atoms with Gasteiger partial charge in [-0.25, -0.2) is 4.79 Å². The van der Waals surface area contributed by atoms with Crippen molar-refractivity contribution < 1.29 is 19.8 Å². The van der Waals surface area contributed by atoms with E-state index in [1.807, 2.05) is 13.8 Å². The Kier molecular flexibility index (Phi) is 6.19. The summed E-state index contributed by atoms with van der Waals surface area (Å²) in [5.74, 6) is 0.403. The summed E-state index contributed by atoms with van der Waals surface area (Å²) >= 11 is 0. The van der Waals surface area contributed by atoms with Crippen LogP contribution in [0.2, 0.25) is 0 Å². The molecule has 0 unspecified atom stereocenters. The van der Waals surface area contributed by atoms with Gasteiger partial charge in [0.1, 0.15) is 12.1 Å². The molecule has 0 spiro atoms. The SMILES string of the molecule is C#CC[C@@H](NC(=O)[C@H](O)CC(C)C)C(=O)O. The highest BCUT2D eigenvalue weighted by Gasteiger charge is 2.23. The molecular formula is C11H17NO4. The molecule has 3 N–H and O–H groups in total. The van der Waals surface area contributed by atoms with Crippen molar-refractivity contribution in [3.63, 3.8) is 0 Å². The van der Waals surface area contributed by atoms with E-state index in [-0.39, 0.29) is 18.8 Å². The number of carboxylic acid groups (broad SMARTS) is 1. The summed E-state index contributed by atoms with van der Waals surface area (Å²) in [6.07, 6.45) is 3.96. The van der Waals surface area contributed by atoms with Gasteiger partial charge in [0.15, 0.2) is 0 Å². The molecule has 0 heterocycles. The molecule has 0 fully saturated rings. The second kappa shape index (κ2) is 6.85. The number of aliphatic hydroxyl groups excluding tert-OH is 1. The Bertz CT molecular complexity index is 293. The monoisotopic (exact) mass is 227 g/mol. The summed E-state index contributed by atoms with van der Waals surface area (Å²) in [5, 5.41) is 20.3. The lowest BCUT2D eigenvalue weighted by Gasteiger charge is -2.16. The number of nitrogens with one attached hydrogen (secondary N) is 1. The number of hydrogen-bond acceptors (Lipinski definition) is 3. The molecule has 0 aromatic carbocycles. The maximum atomic E-state index is 11.4. The van der Waals surface area contributed by atoms with Crippen molar-refractivity contribution in [3.05, 3.63) is 0 Å². The number of carbonyl (C=O) groups excluding carboxylic acids is 1. The third-order valence-corrected chi connectivity index (χ3v) is 1.93. The molecule has 0 rings (SSSR count). The van der Waals surface area contributed by atoms with Crippen LogP contribution in [0.1, 0.15) is 26.7 Å². The van der Waals surface area contributed by atoms with Gasteiger partial charge in [0.25, 0.3) is 0 Å². The van der Waals surface area contributed by atoms with Crippen molar-refractivity contribution in [2.24, 2.45) is 5.92 Å². The van der Waals surface area contributed by atoms with Gasteiger partial charge in [-0.15, -0.1) is 12.3 Å². The second-order valence-electron chi connectivity index (χ2n) is 3.95. The van der Waals surface area contributed by atoms with E-state index in [2.05, 4.69) is 11.2 Å². The first-order chi connectivity index (χ1) is 7.38. The number of terminal acetylenes is 1. The van der Waals surface area contributed by atoms with Crippen molar-refractivity contribution in [3.8, 4) is 12.3 Å². The Hall–Kier alpha value is -1.54. The van der Waals surface area contributed by atoms with Crippen molar-refractivity contribution in [2.45, 2.75) is 38.8 Å². The third-order valence-electron chi connectivity index (χ3n) is 1.93. The number of aliphatic carboxylic acids is 1. The molecule has 0 saturated carbocycles. The molecule has 90 valence electrons. The molecule has 2 atom stereocenters. The Morgan fingerprint density at radius 2 is 2.00 bits per heavy atom. The maximum Gasteiger partial charge on any atom is 0.327 e. The van der Waals surface area contributed by atoms with E-state index in [0.29, 0.717) is 0 Å². The molecule has 5 nitrogen and oxygen atoms in total. The van der Waals surface area contributed by atoms with E-state index in [9.17, 15) is 14.7 Å². The molecule has 0 bridgehead atoms. The van der Waals surface area contributed by atoms with Crippen LogP contribution in [0, 0.1) is 18.3 Å². The fraction of sp³-hybridized carbons (Fsp3) is 0.636. The van der Waals surface area contributed by atoms with E-state index >= 15 is 0 Å². The van der Waals surface area contributed by atoms with Gasteiger partial charge in [-0.3, -0.25) is 4.79 Å². The first-order valence-corrected chi connectivity index (χ1v) is 5.03. The van der Waals surface area contributed by atoms with Crippen LogP contribution < -0.4 is 5.32 Å². The molecule has 0 saturated heterocycles. The predicted molar refractivity (Wildman–Crippen MR) is 58.5 cm³/mol. The minimum Gasteiger partial charge on any atom is -0.480 e. The molecule has 16 heavy (non-hydrogen) atoms. The second-order valence-corrected chi connectivity index (χ2v) is 3.95. The molecule has 0 radical (unpaired) electrons. The number of rotatable bonds is 6. The van der Waals surface area contributed by atoms with E-state index in [0.717, 1.165) is 0 Å². The van der Waals surface area contributed by atoms with E-state index in [1.54, 1.807) is 0 Å². The lowest BCUT2D eigenvalue weighted by Crippen LogP contribution is -2.45. The summed E-state index contributed by atoms with van der Waals surface area (Å²) in [7, 11) is 0. The smallest absolute Gasteiger partial charge is 0.327 e. The maximum absolute atomic E-state index is 11.4. The van der Waals surface area contributed by atoms with Crippen LogP contribution in [0.4, 0.5) is 0 Å². The fourth-order valence-corrected chi connectivity index (χ4v) is 1.14. The highest BCUT2D eigenvalue weighted by atomic mass is 16.4. The van der Waals surface area contributed by atoms with E-state index in [1.165, 1.54) is 0 Å². The van der Waals surface area contributed by atoms with Crippen molar-refractivity contribution in [1.29, 1.82) is 0 Å². The largest absolute Gasteiger partial charge is 0.480 e. The van der Waals surface area contributed by atoms with Crippen LogP contribution in [0.3, 0.4) is 0 Å². The zero-order valence-corrected chi connectivity index (χ0v) is 9.43. The lowest BCUT2D eigenvalue weighted by atomic mass is 10.1. The topological polar surface area (TPSA) is 86.6 Å². The van der Waals surface area contributed by atoms with Crippen molar-refractivity contribution >= 4 is 11.9 Å². The van der Waals surface area contributed by atoms with E-state index in [4.69, 9.17) is 11.5 Å². The summed E-state index contributed by atoms with van der Waals surface area (Å²) in [4.78, 5) is 22.1. The number of carboxylic acids is 1. The average molecular weight is 227 g/mol.